The fourth-order valence-corrected chi connectivity index (χ4v) is 4.48. The summed E-state index contributed by atoms with van der Waals surface area (Å²) >= 11 is 0. The van der Waals surface area contributed by atoms with Gasteiger partial charge in [-0.05, 0) is 34.4 Å². The van der Waals surface area contributed by atoms with Crippen LogP contribution in [0.3, 0.4) is 0 Å². The Morgan fingerprint density at radius 2 is 0.875 bits per heavy atom. The zero-order valence-electron chi connectivity index (χ0n) is 23.0. The minimum Gasteiger partial charge on any atom is -0.491 e. The molecule has 5 heteroatoms. The van der Waals surface area contributed by atoms with Crippen LogP contribution in [-0.4, -0.2) is 52.9 Å². The van der Waals surface area contributed by atoms with Gasteiger partial charge in [-0.25, -0.2) is 0 Å². The maximum absolute atomic E-state index is 6.71. The van der Waals surface area contributed by atoms with E-state index >= 15 is 0 Å². The fourth-order valence-electron chi connectivity index (χ4n) is 4.48. The van der Waals surface area contributed by atoms with Gasteiger partial charge in [-0.15, -0.1) is 0 Å². The van der Waals surface area contributed by atoms with Gasteiger partial charge in [0.15, 0.2) is 0 Å². The molecule has 0 radical (unpaired) electrons. The molecule has 0 spiro atoms. The molecule has 4 rings (SSSR count). The van der Waals surface area contributed by atoms with Crippen molar-refractivity contribution < 1.29 is 23.7 Å². The van der Waals surface area contributed by atoms with Crippen molar-refractivity contribution in [1.29, 1.82) is 0 Å². The predicted octanol–water partition coefficient (Wildman–Crippen LogP) is 6.77. The summed E-state index contributed by atoms with van der Waals surface area (Å²) in [5.74, 6) is 0.820. The molecule has 4 aromatic rings. The molecular formula is C35H38O5. The average Bonchev–Trinajstić information content (AvgIpc) is 3.03. The Bertz CT molecular complexity index is 1130. The quantitative estimate of drug-likeness (QED) is 0.103. The van der Waals surface area contributed by atoms with Gasteiger partial charge < -0.3 is 23.7 Å². The van der Waals surface area contributed by atoms with Crippen molar-refractivity contribution in [3.63, 3.8) is 0 Å². The molecule has 0 aliphatic rings. The van der Waals surface area contributed by atoms with Crippen molar-refractivity contribution in [2.24, 2.45) is 0 Å². The van der Waals surface area contributed by atoms with E-state index in [4.69, 9.17) is 23.7 Å². The molecule has 0 N–H and O–H groups in total. The highest BCUT2D eigenvalue weighted by atomic mass is 16.6. The van der Waals surface area contributed by atoms with Gasteiger partial charge >= 0.3 is 0 Å². The molecule has 0 bridgehead atoms. The van der Waals surface area contributed by atoms with E-state index in [0.717, 1.165) is 28.0 Å². The highest BCUT2D eigenvalue weighted by molar-refractivity contribution is 5.48. The molecule has 0 aromatic heterocycles. The lowest BCUT2D eigenvalue weighted by Gasteiger charge is -2.36. The minimum absolute atomic E-state index is 0.429. The maximum atomic E-state index is 6.71. The monoisotopic (exact) mass is 538 g/mol. The Morgan fingerprint density at radius 3 is 1.30 bits per heavy atom. The minimum atomic E-state index is -0.736. The highest BCUT2D eigenvalue weighted by Gasteiger charge is 2.37. The van der Waals surface area contributed by atoms with Crippen molar-refractivity contribution in [3.8, 4) is 5.75 Å². The van der Waals surface area contributed by atoms with Crippen LogP contribution < -0.4 is 4.74 Å². The summed E-state index contributed by atoms with van der Waals surface area (Å²) < 4.78 is 29.4. The lowest BCUT2D eigenvalue weighted by atomic mass is 9.80. The summed E-state index contributed by atoms with van der Waals surface area (Å²) in [5.41, 5.74) is 3.56. The van der Waals surface area contributed by atoms with Gasteiger partial charge in [0.2, 0.25) is 0 Å². The third kappa shape index (κ3) is 8.38. The average molecular weight is 539 g/mol. The lowest BCUT2D eigenvalue weighted by Crippen LogP contribution is -2.34. The Kier molecular flexibility index (Phi) is 12.0. The lowest BCUT2D eigenvalue weighted by molar-refractivity contribution is -0.0373. The van der Waals surface area contributed by atoms with E-state index in [2.05, 4.69) is 43.0 Å². The molecule has 0 unspecified atom stereocenters. The molecule has 0 saturated heterocycles. The molecule has 0 heterocycles. The number of benzene rings is 4. The molecule has 0 fully saturated rings. The second-order valence-corrected chi connectivity index (χ2v) is 9.09. The largest absolute Gasteiger partial charge is 0.491 e. The third-order valence-electron chi connectivity index (χ3n) is 6.44. The number of hydrogen-bond acceptors (Lipinski definition) is 5. The highest BCUT2D eigenvalue weighted by Crippen LogP contribution is 2.40. The van der Waals surface area contributed by atoms with E-state index in [0.29, 0.717) is 52.9 Å². The summed E-state index contributed by atoms with van der Waals surface area (Å²) in [6.07, 6.45) is 1.81. The van der Waals surface area contributed by atoms with E-state index in [1.54, 1.807) is 6.08 Å². The first kappa shape index (κ1) is 29.2. The zero-order chi connectivity index (χ0) is 27.7. The first-order valence-corrected chi connectivity index (χ1v) is 13.7. The van der Waals surface area contributed by atoms with E-state index in [9.17, 15) is 0 Å². The molecule has 5 nitrogen and oxygen atoms in total. The van der Waals surface area contributed by atoms with Crippen LogP contribution in [0.5, 0.6) is 5.75 Å². The molecular weight excluding hydrogens is 500 g/mol. The summed E-state index contributed by atoms with van der Waals surface area (Å²) in [6.45, 7) is 7.64. The number of ether oxygens (including phenoxy) is 5. The van der Waals surface area contributed by atoms with Gasteiger partial charge in [0.25, 0.3) is 0 Å². The van der Waals surface area contributed by atoms with Crippen molar-refractivity contribution in [2.75, 3.05) is 52.9 Å². The smallest absolute Gasteiger partial charge is 0.143 e. The van der Waals surface area contributed by atoms with Gasteiger partial charge in [-0.3, -0.25) is 0 Å². The van der Waals surface area contributed by atoms with Crippen LogP contribution in [-0.2, 0) is 24.5 Å². The topological polar surface area (TPSA) is 46.2 Å². The van der Waals surface area contributed by atoms with Crippen molar-refractivity contribution >= 4 is 6.08 Å². The van der Waals surface area contributed by atoms with Crippen LogP contribution in [0.15, 0.2) is 122 Å². The van der Waals surface area contributed by atoms with Gasteiger partial charge in [-0.1, -0.05) is 116 Å². The molecule has 0 atom stereocenters. The maximum Gasteiger partial charge on any atom is 0.143 e. The van der Waals surface area contributed by atoms with Crippen LogP contribution >= 0.6 is 0 Å². The fraction of sp³-hybridized carbons (Fsp3) is 0.257. The van der Waals surface area contributed by atoms with Crippen molar-refractivity contribution in [3.05, 3.63) is 144 Å². The third-order valence-corrected chi connectivity index (χ3v) is 6.44. The van der Waals surface area contributed by atoms with Crippen molar-refractivity contribution in [2.45, 2.75) is 5.60 Å². The number of rotatable bonds is 18. The SMILES string of the molecule is C=Cc1ccc(OCCOCCOCCOCCOC(c2ccccc2)(c2ccccc2)c2ccccc2)cc1. The normalized spacial score (nSPS) is 11.3. The van der Waals surface area contributed by atoms with Gasteiger partial charge in [0, 0.05) is 0 Å². The van der Waals surface area contributed by atoms with Gasteiger partial charge in [0.1, 0.15) is 18.0 Å². The number of hydrogen-bond donors (Lipinski definition) is 0. The van der Waals surface area contributed by atoms with E-state index < -0.39 is 5.60 Å². The summed E-state index contributed by atoms with van der Waals surface area (Å²) in [6, 6.07) is 38.8. The van der Waals surface area contributed by atoms with Crippen molar-refractivity contribution in [1.82, 2.24) is 0 Å². The molecule has 0 amide bonds. The second kappa shape index (κ2) is 16.4. The standard InChI is InChI=1S/C35H38O5/c1-2-30-18-20-34(21-19-30)39-28-26-37-24-22-36-23-25-38-27-29-40-35(31-12-6-3-7-13-31,32-14-8-4-9-15-32)33-16-10-5-11-17-33/h2-21H,1,22-29H2. The zero-order valence-corrected chi connectivity index (χ0v) is 23.0. The molecule has 40 heavy (non-hydrogen) atoms. The predicted molar refractivity (Wildman–Crippen MR) is 160 cm³/mol. The van der Waals surface area contributed by atoms with Crippen LogP contribution in [0.25, 0.3) is 6.08 Å². The Hall–Kier alpha value is -3.74. The Balaban J connectivity index is 1.16. The van der Waals surface area contributed by atoms with Crippen LogP contribution in [0.4, 0.5) is 0 Å². The molecule has 0 aliphatic carbocycles. The summed E-state index contributed by atoms with van der Waals surface area (Å²) in [4.78, 5) is 0. The Morgan fingerprint density at radius 1 is 0.475 bits per heavy atom. The first-order chi connectivity index (χ1) is 19.8. The van der Waals surface area contributed by atoms with Crippen LogP contribution in [0.2, 0.25) is 0 Å². The first-order valence-electron chi connectivity index (χ1n) is 13.7. The summed E-state index contributed by atoms with van der Waals surface area (Å²) in [5, 5.41) is 0. The molecule has 208 valence electrons. The van der Waals surface area contributed by atoms with Gasteiger partial charge in [-0.2, -0.15) is 0 Å². The van der Waals surface area contributed by atoms with Gasteiger partial charge in [0.05, 0.1) is 46.2 Å². The summed E-state index contributed by atoms with van der Waals surface area (Å²) in [7, 11) is 0. The molecule has 0 aliphatic heterocycles. The molecule has 0 saturated carbocycles. The van der Waals surface area contributed by atoms with E-state index in [1.165, 1.54) is 0 Å². The van der Waals surface area contributed by atoms with E-state index in [1.807, 2.05) is 78.9 Å². The molecule has 4 aromatic carbocycles. The van der Waals surface area contributed by atoms with E-state index in [-0.39, 0.29) is 0 Å². The Labute approximate surface area is 237 Å². The van der Waals surface area contributed by atoms with Crippen LogP contribution in [0.1, 0.15) is 22.3 Å². The van der Waals surface area contributed by atoms with Crippen LogP contribution in [0, 0.1) is 0 Å². The second-order valence-electron chi connectivity index (χ2n) is 9.09.